The van der Waals surface area contributed by atoms with Crippen molar-refractivity contribution in [1.82, 2.24) is 0 Å². The van der Waals surface area contributed by atoms with Crippen LogP contribution in [0, 0.1) is 3.57 Å². The number of carboxylic acid groups (broad SMARTS) is 1. The van der Waals surface area contributed by atoms with Crippen LogP contribution in [0.2, 0.25) is 0 Å². The van der Waals surface area contributed by atoms with Gasteiger partial charge < -0.3 is 10.0 Å². The molecule has 1 N–H and O–H groups in total. The minimum absolute atomic E-state index is 0.354. The number of carbonyl (C=O) groups is 1. The highest BCUT2D eigenvalue weighted by Gasteiger charge is 2.09. The van der Waals surface area contributed by atoms with Gasteiger partial charge in [-0.05, 0) is 40.8 Å². The number of halogens is 1. The molecule has 4 heteroatoms. The average molecular weight is 291 g/mol. The summed E-state index contributed by atoms with van der Waals surface area (Å²) in [6.07, 6.45) is 0. The number of carboxylic acids is 1. The number of nitrogens with zero attached hydrogens (tertiary/aromatic N) is 1. The molecule has 0 unspecified atom stereocenters. The largest absolute Gasteiger partial charge is 0.478 e. The Morgan fingerprint density at radius 2 is 2.08 bits per heavy atom. The molecule has 1 rings (SSSR count). The molecule has 0 aromatic heterocycles. The minimum atomic E-state index is -0.881. The Morgan fingerprint density at radius 1 is 1.46 bits per heavy atom. The monoisotopic (exact) mass is 291 g/mol. The number of anilines is 1. The highest BCUT2D eigenvalue weighted by Crippen LogP contribution is 2.19. The minimum Gasteiger partial charge on any atom is -0.478 e. The smallest absolute Gasteiger partial charge is 0.336 e. The van der Waals surface area contributed by atoms with Gasteiger partial charge in [-0.2, -0.15) is 0 Å². The van der Waals surface area contributed by atoms with Gasteiger partial charge >= 0.3 is 5.97 Å². The van der Waals surface area contributed by atoms with E-state index in [0.717, 1.165) is 9.26 Å². The second kappa shape index (κ2) is 3.95. The number of hydrogen-bond donors (Lipinski definition) is 1. The van der Waals surface area contributed by atoms with E-state index in [4.69, 9.17) is 5.11 Å². The quantitative estimate of drug-likeness (QED) is 0.848. The second-order valence-electron chi connectivity index (χ2n) is 2.86. The SMILES string of the molecule is CN(C)c1ccc(I)c(C(=O)O)c1. The molecule has 0 aliphatic carbocycles. The maximum absolute atomic E-state index is 10.8. The summed E-state index contributed by atoms with van der Waals surface area (Å²) in [7, 11) is 3.77. The van der Waals surface area contributed by atoms with Crippen LogP contribution in [0.1, 0.15) is 10.4 Å². The summed E-state index contributed by atoms with van der Waals surface area (Å²) in [5, 5.41) is 8.85. The van der Waals surface area contributed by atoms with E-state index >= 15 is 0 Å². The van der Waals surface area contributed by atoms with Crippen molar-refractivity contribution in [2.45, 2.75) is 0 Å². The van der Waals surface area contributed by atoms with Crippen molar-refractivity contribution in [2.75, 3.05) is 19.0 Å². The lowest BCUT2D eigenvalue weighted by Gasteiger charge is -2.13. The number of aromatic carboxylic acids is 1. The van der Waals surface area contributed by atoms with Gasteiger partial charge in [0.1, 0.15) is 0 Å². The highest BCUT2D eigenvalue weighted by atomic mass is 127. The molecule has 1 aromatic rings. The first-order valence-electron chi connectivity index (χ1n) is 3.72. The summed E-state index contributed by atoms with van der Waals surface area (Å²) < 4.78 is 0.760. The fourth-order valence-corrected chi connectivity index (χ4v) is 1.52. The lowest BCUT2D eigenvalue weighted by Crippen LogP contribution is -2.10. The van der Waals surface area contributed by atoms with Crippen LogP contribution in [0.3, 0.4) is 0 Å². The molecule has 0 spiro atoms. The Hall–Kier alpha value is -0.780. The van der Waals surface area contributed by atoms with Crippen LogP contribution in [0.5, 0.6) is 0 Å². The van der Waals surface area contributed by atoms with Crippen molar-refractivity contribution in [2.24, 2.45) is 0 Å². The van der Waals surface area contributed by atoms with Crippen molar-refractivity contribution in [1.29, 1.82) is 0 Å². The molecule has 0 heterocycles. The van der Waals surface area contributed by atoms with Crippen molar-refractivity contribution in [3.63, 3.8) is 0 Å². The summed E-state index contributed by atoms with van der Waals surface area (Å²) in [4.78, 5) is 12.7. The van der Waals surface area contributed by atoms with E-state index in [2.05, 4.69) is 0 Å². The van der Waals surface area contributed by atoms with E-state index in [0.29, 0.717) is 5.56 Å². The van der Waals surface area contributed by atoms with Gasteiger partial charge in [-0.25, -0.2) is 4.79 Å². The van der Waals surface area contributed by atoms with Gasteiger partial charge in [0.15, 0.2) is 0 Å². The van der Waals surface area contributed by atoms with Gasteiger partial charge in [-0.3, -0.25) is 0 Å². The van der Waals surface area contributed by atoms with Crippen molar-refractivity contribution in [3.8, 4) is 0 Å². The maximum Gasteiger partial charge on any atom is 0.336 e. The summed E-state index contributed by atoms with van der Waals surface area (Å²) >= 11 is 2.02. The van der Waals surface area contributed by atoms with Gasteiger partial charge in [0.25, 0.3) is 0 Å². The van der Waals surface area contributed by atoms with Crippen LogP contribution in [0.15, 0.2) is 18.2 Å². The third-order valence-electron chi connectivity index (χ3n) is 1.70. The van der Waals surface area contributed by atoms with Crippen LogP contribution in [0.25, 0.3) is 0 Å². The van der Waals surface area contributed by atoms with Crippen molar-refractivity contribution >= 4 is 34.2 Å². The molecule has 0 saturated heterocycles. The van der Waals surface area contributed by atoms with Crippen LogP contribution in [0.4, 0.5) is 5.69 Å². The fraction of sp³-hybridized carbons (Fsp3) is 0.222. The molecular formula is C9H10INO2. The van der Waals surface area contributed by atoms with Crippen LogP contribution < -0.4 is 4.90 Å². The lowest BCUT2D eigenvalue weighted by atomic mass is 10.2. The summed E-state index contributed by atoms with van der Waals surface area (Å²) in [6, 6.07) is 5.37. The van der Waals surface area contributed by atoms with E-state index in [-0.39, 0.29) is 0 Å². The lowest BCUT2D eigenvalue weighted by molar-refractivity contribution is 0.0696. The molecule has 0 saturated carbocycles. The van der Waals surface area contributed by atoms with E-state index in [9.17, 15) is 4.79 Å². The number of benzene rings is 1. The van der Waals surface area contributed by atoms with Gasteiger partial charge in [0.2, 0.25) is 0 Å². The first-order valence-corrected chi connectivity index (χ1v) is 4.80. The maximum atomic E-state index is 10.8. The Balaban J connectivity index is 3.19. The van der Waals surface area contributed by atoms with E-state index in [1.54, 1.807) is 12.1 Å². The molecule has 70 valence electrons. The van der Waals surface area contributed by atoms with Crippen molar-refractivity contribution in [3.05, 3.63) is 27.3 Å². The van der Waals surface area contributed by atoms with Crippen molar-refractivity contribution < 1.29 is 9.90 Å². The zero-order chi connectivity index (χ0) is 10.0. The van der Waals surface area contributed by atoms with Crippen LogP contribution in [-0.2, 0) is 0 Å². The Labute approximate surface area is 90.5 Å². The highest BCUT2D eigenvalue weighted by molar-refractivity contribution is 14.1. The predicted molar refractivity (Wildman–Crippen MR) is 60.4 cm³/mol. The standard InChI is InChI=1S/C9H10INO2/c1-11(2)6-3-4-8(10)7(5-6)9(12)13/h3-5H,1-2H3,(H,12,13). The predicted octanol–water partition coefficient (Wildman–Crippen LogP) is 2.06. The zero-order valence-electron chi connectivity index (χ0n) is 7.41. The van der Waals surface area contributed by atoms with E-state index < -0.39 is 5.97 Å². The van der Waals surface area contributed by atoms with Gasteiger partial charge in [-0.15, -0.1) is 0 Å². The second-order valence-corrected chi connectivity index (χ2v) is 4.03. The molecular weight excluding hydrogens is 281 g/mol. The molecule has 0 aliphatic heterocycles. The Kier molecular flexibility index (Phi) is 3.13. The summed E-state index contributed by atoms with van der Waals surface area (Å²) in [6.45, 7) is 0. The molecule has 0 aliphatic rings. The zero-order valence-corrected chi connectivity index (χ0v) is 9.57. The summed E-state index contributed by atoms with van der Waals surface area (Å²) in [5.74, 6) is -0.881. The molecule has 13 heavy (non-hydrogen) atoms. The van der Waals surface area contributed by atoms with E-state index in [1.165, 1.54) is 0 Å². The first kappa shape index (κ1) is 10.3. The molecule has 0 radical (unpaired) electrons. The topological polar surface area (TPSA) is 40.5 Å². The third kappa shape index (κ3) is 2.33. The Bertz CT molecular complexity index is 336. The third-order valence-corrected chi connectivity index (χ3v) is 2.64. The Morgan fingerprint density at radius 3 is 2.54 bits per heavy atom. The van der Waals surface area contributed by atoms with Gasteiger partial charge in [-0.1, -0.05) is 0 Å². The normalized spacial score (nSPS) is 9.77. The van der Waals surface area contributed by atoms with Gasteiger partial charge in [0.05, 0.1) is 5.56 Å². The average Bonchev–Trinajstić information content (AvgIpc) is 2.04. The molecule has 0 amide bonds. The van der Waals surface area contributed by atoms with Gasteiger partial charge in [0, 0.05) is 23.4 Å². The molecule has 0 fully saturated rings. The molecule has 0 atom stereocenters. The number of hydrogen-bond acceptors (Lipinski definition) is 2. The first-order chi connectivity index (χ1) is 6.02. The molecule has 3 nitrogen and oxygen atoms in total. The number of rotatable bonds is 2. The summed E-state index contributed by atoms with van der Waals surface area (Å²) in [5.41, 5.74) is 1.25. The molecule has 0 bridgehead atoms. The van der Waals surface area contributed by atoms with E-state index in [1.807, 2.05) is 47.7 Å². The van der Waals surface area contributed by atoms with Crippen LogP contribution >= 0.6 is 22.6 Å². The fourth-order valence-electron chi connectivity index (χ4n) is 0.955. The molecule has 1 aromatic carbocycles. The van der Waals surface area contributed by atoms with Crippen LogP contribution in [-0.4, -0.2) is 25.2 Å².